The van der Waals surface area contributed by atoms with Gasteiger partial charge < -0.3 is 14.4 Å². The van der Waals surface area contributed by atoms with Crippen LogP contribution >= 0.6 is 0 Å². The van der Waals surface area contributed by atoms with Crippen LogP contribution in [0.1, 0.15) is 70.3 Å². The van der Waals surface area contributed by atoms with E-state index < -0.39 is 8.07 Å². The van der Waals surface area contributed by atoms with Crippen LogP contribution in [-0.2, 0) is 9.47 Å². The average molecular weight is 443 g/mol. The van der Waals surface area contributed by atoms with E-state index in [0.717, 1.165) is 50.5 Å². The molecule has 3 heterocycles. The molecule has 1 spiro atoms. The first kappa shape index (κ1) is 23.8. The average Bonchev–Trinajstić information content (AvgIpc) is 2.71. The molecule has 1 aromatic heterocycles. The van der Waals surface area contributed by atoms with Gasteiger partial charge in [-0.2, -0.15) is 0 Å². The Balaban J connectivity index is 1.91. The van der Waals surface area contributed by atoms with Crippen LogP contribution in [0.15, 0.2) is 12.3 Å². The topological polar surface area (TPSA) is 51.7 Å². The third-order valence-electron chi connectivity index (χ3n) is 7.47. The summed E-state index contributed by atoms with van der Waals surface area (Å²) >= 11 is 0. The number of pyridine rings is 1. The van der Waals surface area contributed by atoms with Gasteiger partial charge in [-0.05, 0) is 35.5 Å². The maximum Gasteiger partial charge on any atom is 0.341 e. The molecule has 0 bridgehead atoms. The van der Waals surface area contributed by atoms with E-state index in [1.54, 1.807) is 0 Å². The Labute approximate surface area is 188 Å². The van der Waals surface area contributed by atoms with Gasteiger partial charge >= 0.3 is 5.97 Å². The van der Waals surface area contributed by atoms with Crippen LogP contribution in [0.5, 0.6) is 0 Å². The molecule has 31 heavy (non-hydrogen) atoms. The summed E-state index contributed by atoms with van der Waals surface area (Å²) in [6, 6.07) is 1.87. The highest BCUT2D eigenvalue weighted by atomic mass is 28.3. The van der Waals surface area contributed by atoms with Crippen molar-refractivity contribution in [1.29, 1.82) is 0 Å². The van der Waals surface area contributed by atoms with E-state index in [9.17, 15) is 4.79 Å². The molecule has 2 saturated heterocycles. The van der Waals surface area contributed by atoms with Crippen molar-refractivity contribution in [2.24, 2.45) is 5.41 Å². The second-order valence-corrected chi connectivity index (χ2v) is 15.8. The molecular weight excluding hydrogens is 404 g/mol. The molecule has 170 valence electrons. The first-order chi connectivity index (χ1) is 14.6. The van der Waals surface area contributed by atoms with Crippen molar-refractivity contribution < 1.29 is 14.3 Å². The summed E-state index contributed by atoms with van der Waals surface area (Å²) in [7, 11) is -0.423. The Hall–Kier alpha value is -1.84. The lowest BCUT2D eigenvalue weighted by Gasteiger charge is -2.53. The monoisotopic (exact) mass is 442 g/mol. The van der Waals surface area contributed by atoms with Crippen LogP contribution in [0, 0.1) is 16.9 Å². The van der Waals surface area contributed by atoms with Crippen molar-refractivity contribution in [1.82, 2.24) is 4.98 Å². The standard InChI is InChI=1S/C25H38N2O3Si/c1-18(2)31(19(3)4,20(5)6)13-8-21-14-22(24(28)29-7)23(26-15-21)27-16-25(17-27)9-11-30-12-10-25/h14-15,18-20H,9-12,16-17H2,1-7H3. The largest absolute Gasteiger partial charge is 0.465 e. The molecular formula is C25H38N2O3Si. The van der Waals surface area contributed by atoms with Crippen LogP contribution in [0.25, 0.3) is 0 Å². The van der Waals surface area contributed by atoms with Gasteiger partial charge in [-0.1, -0.05) is 47.5 Å². The molecule has 6 heteroatoms. The number of carbonyl (C=O) groups is 1. The Bertz CT molecular complexity index is 833. The van der Waals surface area contributed by atoms with Gasteiger partial charge in [0.25, 0.3) is 0 Å². The second-order valence-electron chi connectivity index (χ2n) is 10.2. The third kappa shape index (κ3) is 4.54. The summed E-state index contributed by atoms with van der Waals surface area (Å²) in [5, 5.41) is 0. The molecule has 1 aromatic rings. The summed E-state index contributed by atoms with van der Waals surface area (Å²) in [5.41, 5.74) is 7.02. The Morgan fingerprint density at radius 1 is 1.13 bits per heavy atom. The number of nitrogens with zero attached hydrogens (tertiary/aromatic N) is 2. The maximum absolute atomic E-state index is 12.6. The van der Waals surface area contributed by atoms with Gasteiger partial charge in [0, 0.05) is 43.5 Å². The van der Waals surface area contributed by atoms with Crippen molar-refractivity contribution in [3.8, 4) is 11.5 Å². The predicted octanol–water partition coefficient (Wildman–Crippen LogP) is 5.05. The zero-order chi connectivity index (χ0) is 22.8. The zero-order valence-electron chi connectivity index (χ0n) is 20.2. The van der Waals surface area contributed by atoms with Crippen molar-refractivity contribution in [2.75, 3.05) is 38.3 Å². The molecule has 0 atom stereocenters. The molecule has 0 radical (unpaired) electrons. The van der Waals surface area contributed by atoms with Gasteiger partial charge in [0.05, 0.1) is 7.11 Å². The number of anilines is 1. The fourth-order valence-corrected chi connectivity index (χ4v) is 10.9. The number of aromatic nitrogens is 1. The zero-order valence-corrected chi connectivity index (χ0v) is 21.2. The van der Waals surface area contributed by atoms with Crippen LogP contribution in [0.2, 0.25) is 16.6 Å². The highest BCUT2D eigenvalue weighted by Gasteiger charge is 2.45. The Morgan fingerprint density at radius 3 is 2.23 bits per heavy atom. The number of hydrogen-bond donors (Lipinski definition) is 0. The summed E-state index contributed by atoms with van der Waals surface area (Å²) in [6.07, 6.45) is 3.98. The highest BCUT2D eigenvalue weighted by Crippen LogP contribution is 2.43. The van der Waals surface area contributed by atoms with Crippen molar-refractivity contribution in [3.63, 3.8) is 0 Å². The lowest BCUT2D eigenvalue weighted by Crippen LogP contribution is -2.59. The molecule has 0 unspecified atom stereocenters. The van der Waals surface area contributed by atoms with Crippen LogP contribution < -0.4 is 4.90 Å². The van der Waals surface area contributed by atoms with Gasteiger partial charge in [0.1, 0.15) is 19.5 Å². The van der Waals surface area contributed by atoms with Crippen LogP contribution in [-0.4, -0.2) is 52.4 Å². The van der Waals surface area contributed by atoms with E-state index >= 15 is 0 Å². The highest BCUT2D eigenvalue weighted by molar-refractivity contribution is 6.90. The van der Waals surface area contributed by atoms with E-state index in [1.165, 1.54) is 7.11 Å². The maximum atomic E-state index is 12.6. The number of carbonyl (C=O) groups excluding carboxylic acids is 1. The van der Waals surface area contributed by atoms with Gasteiger partial charge in [0.2, 0.25) is 0 Å². The van der Waals surface area contributed by atoms with Crippen molar-refractivity contribution in [3.05, 3.63) is 23.4 Å². The van der Waals surface area contributed by atoms with E-state index in [-0.39, 0.29) is 5.97 Å². The summed E-state index contributed by atoms with van der Waals surface area (Å²) < 4.78 is 10.6. The number of methoxy groups -OCH3 is 1. The molecule has 0 aromatic carbocycles. The summed E-state index contributed by atoms with van der Waals surface area (Å²) in [4.78, 5) is 19.5. The first-order valence-electron chi connectivity index (χ1n) is 11.6. The molecule has 2 aliphatic heterocycles. The smallest absolute Gasteiger partial charge is 0.341 e. The van der Waals surface area contributed by atoms with E-state index in [2.05, 4.69) is 62.9 Å². The fourth-order valence-electron chi connectivity index (χ4n) is 5.69. The lowest BCUT2D eigenvalue weighted by atomic mass is 9.73. The Kier molecular flexibility index (Phi) is 7.17. The second kappa shape index (κ2) is 9.34. The van der Waals surface area contributed by atoms with Gasteiger partial charge in [0.15, 0.2) is 0 Å². The van der Waals surface area contributed by atoms with Gasteiger partial charge in [-0.3, -0.25) is 0 Å². The minimum Gasteiger partial charge on any atom is -0.465 e. The number of esters is 1. The molecule has 2 aliphatic rings. The number of hydrogen-bond acceptors (Lipinski definition) is 5. The SMILES string of the molecule is COC(=O)c1cc(C#C[Si](C(C)C)(C(C)C)C(C)C)cnc1N1CC2(CCOCC2)C1. The van der Waals surface area contributed by atoms with Crippen molar-refractivity contribution in [2.45, 2.75) is 71.0 Å². The molecule has 3 rings (SSSR count). The summed E-state index contributed by atoms with van der Waals surface area (Å²) in [5.74, 6) is 3.78. The molecule has 0 aliphatic carbocycles. The fraction of sp³-hybridized carbons (Fsp3) is 0.680. The van der Waals surface area contributed by atoms with E-state index in [1.807, 2.05) is 12.3 Å². The number of ether oxygens (including phenoxy) is 2. The Morgan fingerprint density at radius 2 is 1.71 bits per heavy atom. The summed E-state index contributed by atoms with van der Waals surface area (Å²) in [6.45, 7) is 17.3. The molecule has 2 fully saturated rings. The quantitative estimate of drug-likeness (QED) is 0.363. The molecule has 5 nitrogen and oxygen atoms in total. The molecule has 0 amide bonds. The normalized spacial score (nSPS) is 18.2. The van der Waals surface area contributed by atoms with Crippen molar-refractivity contribution >= 4 is 19.9 Å². The van der Waals surface area contributed by atoms with Crippen LogP contribution in [0.3, 0.4) is 0 Å². The van der Waals surface area contributed by atoms with Crippen LogP contribution in [0.4, 0.5) is 5.82 Å². The third-order valence-corrected chi connectivity index (χ3v) is 13.8. The number of rotatable bonds is 5. The van der Waals surface area contributed by atoms with Gasteiger partial charge in [-0.15, -0.1) is 5.54 Å². The van der Waals surface area contributed by atoms with Gasteiger partial charge in [-0.25, -0.2) is 9.78 Å². The lowest BCUT2D eigenvalue weighted by molar-refractivity contribution is -0.000587. The minimum atomic E-state index is -1.85. The first-order valence-corrected chi connectivity index (χ1v) is 13.8. The molecule has 0 N–H and O–H groups in total. The van der Waals surface area contributed by atoms with E-state index in [0.29, 0.717) is 27.6 Å². The van der Waals surface area contributed by atoms with E-state index in [4.69, 9.17) is 9.47 Å². The molecule has 0 saturated carbocycles. The predicted molar refractivity (Wildman–Crippen MR) is 128 cm³/mol. The minimum absolute atomic E-state index is 0.308.